The third kappa shape index (κ3) is 8.70. The number of nitrogens with zero attached hydrogens (tertiary/aromatic N) is 2. The van der Waals surface area contributed by atoms with E-state index in [0.717, 1.165) is 42.4 Å². The van der Waals surface area contributed by atoms with Crippen molar-refractivity contribution in [2.75, 3.05) is 13.2 Å². The number of ether oxygens (including phenoxy) is 2. The number of halogens is 2. The minimum Gasteiger partial charge on any atom is -0.598 e. The highest BCUT2D eigenvalue weighted by Gasteiger charge is 2.44. The average molecular weight is 587 g/mol. The lowest BCUT2D eigenvalue weighted by Gasteiger charge is -2.34. The molecule has 1 aromatic heterocycles. The summed E-state index contributed by atoms with van der Waals surface area (Å²) in [5.41, 5.74) is 7.36. The maximum atomic E-state index is 14.3. The summed E-state index contributed by atoms with van der Waals surface area (Å²) in [7, 11) is -1.30. The van der Waals surface area contributed by atoms with Gasteiger partial charge in [0, 0.05) is 39.0 Å². The number of imidazole rings is 1. The number of benzene rings is 1. The second kappa shape index (κ2) is 12.0. The third-order valence-corrected chi connectivity index (χ3v) is 10.6. The first-order chi connectivity index (χ1) is 17.8. The molecule has 1 aliphatic rings. The number of fused-ring (bicyclic) bond motifs is 1. The SMILES string of the molecule is CC(C)(C)[S+]([O-])NC(COC(C)(C)C(C)(F)F)c1nc2cc(C(N)C3CC3)ccc2n1COCC[Si](C)(C)C. The Labute approximate surface area is 236 Å². The molecule has 0 radical (unpaired) electrons. The molecule has 7 nitrogen and oxygen atoms in total. The van der Waals surface area contributed by atoms with Crippen LogP contribution < -0.4 is 10.5 Å². The summed E-state index contributed by atoms with van der Waals surface area (Å²) in [6.45, 7) is 16.7. The van der Waals surface area contributed by atoms with Crippen LogP contribution in [-0.2, 0) is 27.6 Å². The Hall–Kier alpha value is -1.08. The molecule has 222 valence electrons. The van der Waals surface area contributed by atoms with Crippen molar-refractivity contribution < 1.29 is 22.8 Å². The first-order valence-electron chi connectivity index (χ1n) is 13.8. The van der Waals surface area contributed by atoms with Crippen molar-refractivity contribution in [1.29, 1.82) is 0 Å². The van der Waals surface area contributed by atoms with Gasteiger partial charge in [-0.05, 0) is 77.1 Å². The molecule has 1 aromatic carbocycles. The predicted octanol–water partition coefficient (Wildman–Crippen LogP) is 6.30. The maximum absolute atomic E-state index is 14.3. The van der Waals surface area contributed by atoms with Crippen molar-refractivity contribution in [2.24, 2.45) is 11.7 Å². The molecule has 0 aliphatic heterocycles. The molecular formula is C28H48F2N4O3SSi. The predicted molar refractivity (Wildman–Crippen MR) is 158 cm³/mol. The van der Waals surface area contributed by atoms with E-state index in [1.165, 1.54) is 13.8 Å². The van der Waals surface area contributed by atoms with Gasteiger partial charge in [0.05, 0.1) is 17.6 Å². The lowest BCUT2D eigenvalue weighted by atomic mass is 10.0. The molecule has 11 heteroatoms. The average Bonchev–Trinajstić information content (AvgIpc) is 3.58. The topological polar surface area (TPSA) is 97.4 Å². The third-order valence-electron chi connectivity index (χ3n) is 7.32. The lowest BCUT2D eigenvalue weighted by molar-refractivity contribution is -0.183. The van der Waals surface area contributed by atoms with Crippen LogP contribution in [0.3, 0.4) is 0 Å². The second-order valence-corrected chi connectivity index (χ2v) is 21.2. The summed E-state index contributed by atoms with van der Waals surface area (Å²) in [4.78, 5) is 4.93. The molecule has 0 bridgehead atoms. The first kappa shape index (κ1) is 32.4. The van der Waals surface area contributed by atoms with E-state index >= 15 is 0 Å². The van der Waals surface area contributed by atoms with E-state index in [1.807, 2.05) is 43.5 Å². The zero-order chi connectivity index (χ0) is 29.4. The number of hydrogen-bond acceptors (Lipinski definition) is 6. The molecular weight excluding hydrogens is 538 g/mol. The highest BCUT2D eigenvalue weighted by Crippen LogP contribution is 2.40. The van der Waals surface area contributed by atoms with Gasteiger partial charge in [0.25, 0.3) is 5.92 Å². The van der Waals surface area contributed by atoms with Crippen LogP contribution in [0.25, 0.3) is 11.0 Å². The summed E-state index contributed by atoms with van der Waals surface area (Å²) >= 11 is -1.50. The maximum Gasteiger partial charge on any atom is 0.273 e. The zero-order valence-electron chi connectivity index (χ0n) is 25.1. The van der Waals surface area contributed by atoms with Crippen molar-refractivity contribution in [3.8, 4) is 0 Å². The van der Waals surface area contributed by atoms with Gasteiger partial charge in [-0.1, -0.05) is 25.7 Å². The molecule has 3 N–H and O–H groups in total. The van der Waals surface area contributed by atoms with Gasteiger partial charge < -0.3 is 24.3 Å². The minimum atomic E-state index is -3.07. The molecule has 0 amide bonds. The number of alkyl halides is 2. The van der Waals surface area contributed by atoms with E-state index in [1.54, 1.807) is 0 Å². The zero-order valence-corrected chi connectivity index (χ0v) is 26.9. The quantitative estimate of drug-likeness (QED) is 0.153. The summed E-state index contributed by atoms with van der Waals surface area (Å²) in [6.07, 6.45) is 2.26. The molecule has 1 saturated carbocycles. The van der Waals surface area contributed by atoms with Gasteiger partial charge in [0.1, 0.15) is 28.9 Å². The van der Waals surface area contributed by atoms with E-state index < -0.39 is 41.7 Å². The van der Waals surface area contributed by atoms with Crippen LogP contribution in [0.5, 0.6) is 0 Å². The van der Waals surface area contributed by atoms with Gasteiger partial charge in [-0.15, -0.1) is 4.72 Å². The first-order valence-corrected chi connectivity index (χ1v) is 18.7. The molecule has 2 aromatic rings. The molecule has 3 rings (SSSR count). The summed E-state index contributed by atoms with van der Waals surface area (Å²) < 4.78 is 58.2. The number of hydrogen-bond donors (Lipinski definition) is 2. The van der Waals surface area contributed by atoms with Gasteiger partial charge in [0.15, 0.2) is 0 Å². The Morgan fingerprint density at radius 2 is 1.82 bits per heavy atom. The fourth-order valence-corrected chi connectivity index (χ4v) is 5.46. The Balaban J connectivity index is 2.01. The van der Waals surface area contributed by atoms with Gasteiger partial charge in [0.2, 0.25) is 0 Å². The highest BCUT2D eigenvalue weighted by molar-refractivity contribution is 7.90. The van der Waals surface area contributed by atoms with Gasteiger partial charge in [-0.3, -0.25) is 0 Å². The Morgan fingerprint density at radius 3 is 2.36 bits per heavy atom. The molecule has 0 saturated heterocycles. The number of nitrogens with two attached hydrogens (primary N) is 1. The van der Waals surface area contributed by atoms with Crippen LogP contribution in [0, 0.1) is 5.92 Å². The number of nitrogens with one attached hydrogen (secondary N) is 1. The van der Waals surface area contributed by atoms with Crippen LogP contribution >= 0.6 is 0 Å². The second-order valence-electron chi connectivity index (χ2n) is 13.6. The normalized spacial score (nSPS) is 18.0. The van der Waals surface area contributed by atoms with Gasteiger partial charge in [-0.25, -0.2) is 13.8 Å². The largest absolute Gasteiger partial charge is 0.598 e. The Kier molecular flexibility index (Phi) is 10.0. The summed E-state index contributed by atoms with van der Waals surface area (Å²) in [6, 6.07) is 6.27. The fraction of sp³-hybridized carbons (Fsp3) is 0.750. The molecule has 3 unspecified atom stereocenters. The van der Waals surface area contributed by atoms with E-state index in [2.05, 4.69) is 24.4 Å². The Morgan fingerprint density at radius 1 is 1.18 bits per heavy atom. The molecule has 0 spiro atoms. The standard InChI is InChI=1S/C28H48F2N4O3SSi/c1-26(2,3)38(35)33-22(17-37-27(4,5)28(6,29)30)25-32-21-16-20(24(31)19-10-11-19)12-13-23(21)34(25)18-36-14-15-39(7,8)9/h12-13,16,19,22,24,33H,10-11,14-15,17-18,31H2,1-9H3. The highest BCUT2D eigenvalue weighted by atomic mass is 32.2. The van der Waals surface area contributed by atoms with Gasteiger partial charge >= 0.3 is 0 Å². The van der Waals surface area contributed by atoms with Crippen molar-refractivity contribution in [2.45, 2.75) is 115 Å². The van der Waals surface area contributed by atoms with Crippen molar-refractivity contribution in [3.63, 3.8) is 0 Å². The van der Waals surface area contributed by atoms with Crippen LogP contribution in [-0.4, -0.2) is 51.7 Å². The molecule has 1 heterocycles. The molecule has 1 aliphatic carbocycles. The minimum absolute atomic E-state index is 0.0470. The summed E-state index contributed by atoms with van der Waals surface area (Å²) in [5.74, 6) is -2.05. The van der Waals surface area contributed by atoms with Crippen LogP contribution in [0.1, 0.15) is 77.9 Å². The fourth-order valence-electron chi connectivity index (χ4n) is 3.92. The van der Waals surface area contributed by atoms with E-state index in [0.29, 0.717) is 18.3 Å². The van der Waals surface area contributed by atoms with Crippen molar-refractivity contribution in [1.82, 2.24) is 14.3 Å². The van der Waals surface area contributed by atoms with E-state index in [-0.39, 0.29) is 19.4 Å². The number of aromatic nitrogens is 2. The van der Waals surface area contributed by atoms with Gasteiger partial charge in [-0.2, -0.15) is 0 Å². The van der Waals surface area contributed by atoms with Crippen LogP contribution in [0.4, 0.5) is 8.78 Å². The molecule has 3 atom stereocenters. The van der Waals surface area contributed by atoms with Crippen LogP contribution in [0.2, 0.25) is 25.7 Å². The van der Waals surface area contributed by atoms with E-state index in [4.69, 9.17) is 20.2 Å². The summed E-state index contributed by atoms with van der Waals surface area (Å²) in [5, 5.41) is 0. The molecule has 39 heavy (non-hydrogen) atoms. The monoisotopic (exact) mass is 586 g/mol. The van der Waals surface area contributed by atoms with Crippen molar-refractivity contribution in [3.05, 3.63) is 29.6 Å². The Bertz CT molecular complexity index is 1110. The lowest BCUT2D eigenvalue weighted by Crippen LogP contribution is -2.47. The van der Waals surface area contributed by atoms with Crippen molar-refractivity contribution >= 4 is 30.5 Å². The smallest absolute Gasteiger partial charge is 0.273 e. The number of rotatable bonds is 14. The van der Waals surface area contributed by atoms with Crippen LogP contribution in [0.15, 0.2) is 18.2 Å². The van der Waals surface area contributed by atoms with E-state index in [9.17, 15) is 13.3 Å². The molecule has 1 fully saturated rings.